The van der Waals surface area contributed by atoms with Crippen LogP contribution in [0.4, 0.5) is 0 Å². The van der Waals surface area contributed by atoms with Crippen LogP contribution in [0.1, 0.15) is 29.5 Å². The summed E-state index contributed by atoms with van der Waals surface area (Å²) in [5.41, 5.74) is 3.67. The van der Waals surface area contributed by atoms with E-state index in [9.17, 15) is 0 Å². The van der Waals surface area contributed by atoms with Gasteiger partial charge in [-0.3, -0.25) is 4.98 Å². The van der Waals surface area contributed by atoms with Crippen molar-refractivity contribution < 1.29 is 4.74 Å². The third-order valence-corrected chi connectivity index (χ3v) is 3.81. The van der Waals surface area contributed by atoms with E-state index < -0.39 is 0 Å². The van der Waals surface area contributed by atoms with Gasteiger partial charge in [-0.2, -0.15) is 0 Å². The molecule has 2 aromatic rings. The van der Waals surface area contributed by atoms with Crippen molar-refractivity contribution in [1.29, 1.82) is 0 Å². The zero-order valence-electron chi connectivity index (χ0n) is 12.5. The summed E-state index contributed by atoms with van der Waals surface area (Å²) in [6.45, 7) is 3.70. The van der Waals surface area contributed by atoms with Crippen molar-refractivity contribution in [3.05, 3.63) is 59.4 Å². The average molecular weight is 282 g/mol. The molecule has 0 radical (unpaired) electrons. The van der Waals surface area contributed by atoms with Crippen LogP contribution in [0.3, 0.4) is 0 Å². The topological polar surface area (TPSA) is 34.1 Å². The van der Waals surface area contributed by atoms with Crippen LogP contribution in [0, 0.1) is 6.92 Å². The molecule has 3 rings (SSSR count). The van der Waals surface area contributed by atoms with Gasteiger partial charge < -0.3 is 10.1 Å². The molecule has 0 spiro atoms. The highest BCUT2D eigenvalue weighted by Gasteiger charge is 2.20. The van der Waals surface area contributed by atoms with Crippen molar-refractivity contribution in [1.82, 2.24) is 10.3 Å². The molecule has 110 valence electrons. The quantitative estimate of drug-likeness (QED) is 0.846. The van der Waals surface area contributed by atoms with Gasteiger partial charge in [0.2, 0.25) is 0 Å². The van der Waals surface area contributed by atoms with Crippen molar-refractivity contribution in [2.75, 3.05) is 6.61 Å². The molecule has 0 bridgehead atoms. The van der Waals surface area contributed by atoms with E-state index in [0.29, 0.717) is 12.6 Å². The molecule has 0 unspecified atom stereocenters. The van der Waals surface area contributed by atoms with E-state index in [0.717, 1.165) is 18.7 Å². The first-order chi connectivity index (χ1) is 10.3. The maximum atomic E-state index is 6.06. The number of ether oxygens (including phenoxy) is 1. The number of benzene rings is 1. The summed E-state index contributed by atoms with van der Waals surface area (Å²) in [7, 11) is 0. The van der Waals surface area contributed by atoms with Gasteiger partial charge in [0.25, 0.3) is 0 Å². The lowest BCUT2D eigenvalue weighted by Gasteiger charge is -2.14. The first-order valence-electron chi connectivity index (χ1n) is 7.66. The van der Waals surface area contributed by atoms with Crippen LogP contribution in [0.5, 0.6) is 5.75 Å². The third-order valence-electron chi connectivity index (χ3n) is 3.81. The summed E-state index contributed by atoms with van der Waals surface area (Å²) in [5.74, 6) is 1.04. The number of aryl methyl sites for hydroxylation is 1. The van der Waals surface area contributed by atoms with Crippen molar-refractivity contribution in [2.45, 2.75) is 38.8 Å². The van der Waals surface area contributed by atoms with Gasteiger partial charge in [-0.05, 0) is 37.0 Å². The minimum absolute atomic E-state index is 0.687. The van der Waals surface area contributed by atoms with Gasteiger partial charge in [-0.15, -0.1) is 0 Å². The molecule has 1 fully saturated rings. The summed E-state index contributed by atoms with van der Waals surface area (Å²) in [4.78, 5) is 4.14. The molecule has 0 aliphatic heterocycles. The predicted molar refractivity (Wildman–Crippen MR) is 84.5 cm³/mol. The van der Waals surface area contributed by atoms with Crippen LogP contribution in [-0.2, 0) is 13.0 Å². The van der Waals surface area contributed by atoms with E-state index in [1.165, 1.54) is 29.5 Å². The largest absolute Gasteiger partial charge is 0.493 e. The Kier molecular flexibility index (Phi) is 4.51. The van der Waals surface area contributed by atoms with Gasteiger partial charge in [-0.25, -0.2) is 0 Å². The molecule has 1 heterocycles. The fraction of sp³-hybridized carbons (Fsp3) is 0.389. The summed E-state index contributed by atoms with van der Waals surface area (Å²) in [6.07, 6.45) is 7.20. The van der Waals surface area contributed by atoms with Crippen molar-refractivity contribution in [3.8, 4) is 5.75 Å². The molecule has 1 aromatic carbocycles. The first kappa shape index (κ1) is 14.1. The smallest absolute Gasteiger partial charge is 0.126 e. The van der Waals surface area contributed by atoms with E-state index >= 15 is 0 Å². The monoisotopic (exact) mass is 282 g/mol. The van der Waals surface area contributed by atoms with Crippen molar-refractivity contribution >= 4 is 0 Å². The molecule has 1 aliphatic rings. The fourth-order valence-electron chi connectivity index (χ4n) is 2.42. The summed E-state index contributed by atoms with van der Waals surface area (Å²) in [6, 6.07) is 11.1. The molecule has 0 atom stereocenters. The number of hydrogen-bond acceptors (Lipinski definition) is 3. The third kappa shape index (κ3) is 4.05. The van der Waals surface area contributed by atoms with Gasteiger partial charge in [0.05, 0.1) is 6.61 Å². The molecule has 0 saturated heterocycles. The van der Waals surface area contributed by atoms with Gasteiger partial charge in [0.15, 0.2) is 0 Å². The van der Waals surface area contributed by atoms with Crippen LogP contribution >= 0.6 is 0 Å². The number of nitrogens with one attached hydrogen (secondary N) is 1. The first-order valence-corrected chi connectivity index (χ1v) is 7.66. The normalized spacial score (nSPS) is 14.1. The Morgan fingerprint density at radius 3 is 2.90 bits per heavy atom. The number of nitrogens with zero attached hydrogens (tertiary/aromatic N) is 1. The predicted octanol–water partition coefficient (Wildman–Crippen LogP) is 3.26. The zero-order valence-corrected chi connectivity index (χ0v) is 12.5. The Morgan fingerprint density at radius 1 is 1.24 bits per heavy atom. The summed E-state index contributed by atoms with van der Waals surface area (Å²) >= 11 is 0. The Morgan fingerprint density at radius 2 is 2.14 bits per heavy atom. The molecular weight excluding hydrogens is 260 g/mol. The Hall–Kier alpha value is -1.87. The minimum atomic E-state index is 0.687. The Balaban J connectivity index is 1.60. The van der Waals surface area contributed by atoms with E-state index in [1.807, 2.05) is 12.3 Å². The maximum Gasteiger partial charge on any atom is 0.126 e. The van der Waals surface area contributed by atoms with E-state index in [4.69, 9.17) is 4.74 Å². The lowest BCUT2D eigenvalue weighted by atomic mass is 10.1. The number of hydrogen-bond donors (Lipinski definition) is 1. The molecule has 3 heteroatoms. The SMILES string of the molecule is Cc1cccc(CNC2CC2)c1OCCc1cccnc1. The lowest BCUT2D eigenvalue weighted by molar-refractivity contribution is 0.315. The number of para-hydroxylation sites is 1. The highest BCUT2D eigenvalue weighted by molar-refractivity contribution is 5.40. The molecule has 1 aromatic heterocycles. The zero-order chi connectivity index (χ0) is 14.5. The second kappa shape index (κ2) is 6.72. The van der Waals surface area contributed by atoms with Gasteiger partial charge in [0, 0.05) is 37.0 Å². The van der Waals surface area contributed by atoms with Crippen LogP contribution in [0.2, 0.25) is 0 Å². The Labute approximate surface area is 126 Å². The van der Waals surface area contributed by atoms with E-state index in [-0.39, 0.29) is 0 Å². The summed E-state index contributed by atoms with van der Waals surface area (Å²) in [5, 5.41) is 3.56. The Bertz CT molecular complexity index is 579. The number of aromatic nitrogens is 1. The van der Waals surface area contributed by atoms with Crippen LogP contribution < -0.4 is 10.1 Å². The van der Waals surface area contributed by atoms with Crippen LogP contribution in [-0.4, -0.2) is 17.6 Å². The minimum Gasteiger partial charge on any atom is -0.493 e. The average Bonchev–Trinajstić information content (AvgIpc) is 3.33. The number of rotatable bonds is 7. The van der Waals surface area contributed by atoms with Crippen LogP contribution in [0.25, 0.3) is 0 Å². The number of pyridine rings is 1. The van der Waals surface area contributed by atoms with Gasteiger partial charge in [0.1, 0.15) is 5.75 Å². The molecule has 1 saturated carbocycles. The van der Waals surface area contributed by atoms with E-state index in [2.05, 4.69) is 41.5 Å². The standard InChI is InChI=1S/C18H22N2O/c1-14-4-2-6-16(13-20-17-7-8-17)18(14)21-11-9-15-5-3-10-19-12-15/h2-6,10,12,17,20H,7-9,11,13H2,1H3. The fourth-order valence-corrected chi connectivity index (χ4v) is 2.42. The molecule has 1 N–H and O–H groups in total. The van der Waals surface area contributed by atoms with Crippen LogP contribution in [0.15, 0.2) is 42.7 Å². The van der Waals surface area contributed by atoms with Crippen molar-refractivity contribution in [3.63, 3.8) is 0 Å². The highest BCUT2D eigenvalue weighted by atomic mass is 16.5. The van der Waals surface area contributed by atoms with Gasteiger partial charge in [-0.1, -0.05) is 24.3 Å². The molecule has 1 aliphatic carbocycles. The lowest BCUT2D eigenvalue weighted by Crippen LogP contribution is -2.16. The van der Waals surface area contributed by atoms with Gasteiger partial charge >= 0.3 is 0 Å². The molecule has 3 nitrogen and oxygen atoms in total. The molecule has 0 amide bonds. The molecular formula is C18H22N2O. The second-order valence-corrected chi connectivity index (χ2v) is 5.68. The van der Waals surface area contributed by atoms with E-state index in [1.54, 1.807) is 6.20 Å². The van der Waals surface area contributed by atoms with Crippen molar-refractivity contribution in [2.24, 2.45) is 0 Å². The maximum absolute atomic E-state index is 6.06. The summed E-state index contributed by atoms with van der Waals surface area (Å²) < 4.78 is 6.06. The highest BCUT2D eigenvalue weighted by Crippen LogP contribution is 2.25. The molecule has 21 heavy (non-hydrogen) atoms. The second-order valence-electron chi connectivity index (χ2n) is 5.68.